The number of rotatable bonds is 4. The number of methoxy groups -OCH3 is 4. The van der Waals surface area contributed by atoms with Gasteiger partial charge in [-0.2, -0.15) is 0 Å². The van der Waals surface area contributed by atoms with Crippen LogP contribution in [0.4, 0.5) is 0 Å². The number of hydrogen-bond acceptors (Lipinski definition) is 6. The van der Waals surface area contributed by atoms with Gasteiger partial charge in [0.25, 0.3) is 0 Å². The summed E-state index contributed by atoms with van der Waals surface area (Å²) < 4.78 is 32.9. The molecule has 0 aromatic heterocycles. The summed E-state index contributed by atoms with van der Waals surface area (Å²) in [6.07, 6.45) is 0. The van der Waals surface area contributed by atoms with Crippen molar-refractivity contribution in [3.63, 3.8) is 0 Å². The molecule has 1 aliphatic rings. The molecule has 6 nitrogen and oxygen atoms in total. The van der Waals surface area contributed by atoms with E-state index < -0.39 is 0 Å². The van der Waals surface area contributed by atoms with Crippen LogP contribution in [0.3, 0.4) is 0 Å². The minimum absolute atomic E-state index is 0.522. The summed E-state index contributed by atoms with van der Waals surface area (Å²) in [6, 6.07) is 14.8. The van der Waals surface area contributed by atoms with Gasteiger partial charge in [0, 0.05) is 40.5 Å². The molecular weight excluding hydrogens is 432 g/mol. The fourth-order valence-electron chi connectivity index (χ4n) is 3.37. The topological polar surface area (TPSA) is 55.4 Å². The molecule has 0 unspecified atom stereocenters. The van der Waals surface area contributed by atoms with Crippen LogP contribution in [0.2, 0.25) is 0 Å². The van der Waals surface area contributed by atoms with E-state index >= 15 is 0 Å². The van der Waals surface area contributed by atoms with Crippen LogP contribution in [0.1, 0.15) is 22.3 Å². The molecule has 0 fully saturated rings. The van der Waals surface area contributed by atoms with Gasteiger partial charge in [0.1, 0.15) is 24.7 Å². The number of hydrogen-bond donors (Lipinski definition) is 0. The van der Waals surface area contributed by atoms with Crippen molar-refractivity contribution in [3.8, 4) is 58.2 Å². The summed E-state index contributed by atoms with van der Waals surface area (Å²) in [6.45, 7) is 1.07. The molecule has 0 amide bonds. The zero-order valence-electron chi connectivity index (χ0n) is 19.5. The average Bonchev–Trinajstić information content (AvgIpc) is 2.90. The molecule has 0 N–H and O–H groups in total. The van der Waals surface area contributed by atoms with Crippen molar-refractivity contribution in [1.82, 2.24) is 0 Å². The normalized spacial score (nSPS) is 11.3. The highest BCUT2D eigenvalue weighted by molar-refractivity contribution is 5.62. The first-order valence-corrected chi connectivity index (χ1v) is 10.6. The van der Waals surface area contributed by atoms with Crippen molar-refractivity contribution in [1.29, 1.82) is 0 Å². The zero-order chi connectivity index (χ0) is 23.9. The van der Waals surface area contributed by atoms with E-state index in [-0.39, 0.29) is 0 Å². The lowest BCUT2D eigenvalue weighted by molar-refractivity contribution is 0.171. The van der Waals surface area contributed by atoms with E-state index in [2.05, 4.69) is 23.7 Å². The van der Waals surface area contributed by atoms with Gasteiger partial charge in [-0.25, -0.2) is 0 Å². The fraction of sp³-hybridized carbons (Fsp3) is 0.214. The van der Waals surface area contributed by atoms with Crippen LogP contribution in [0, 0.1) is 23.7 Å². The monoisotopic (exact) mass is 456 g/mol. The quantitative estimate of drug-likeness (QED) is 0.546. The average molecular weight is 456 g/mol. The van der Waals surface area contributed by atoms with Gasteiger partial charge in [0.2, 0.25) is 0 Å². The standard InChI is InChI=1S/C28H24O6/c1-29-23-13-20(14-24(18-23)30-2)6-9-22-17-27(32-4)26(31-3)16-21(22)8-5-19-7-10-25-28(15-19)34-12-11-33-25/h7,10,13-18H,11-12H2,1-4H3. The van der Waals surface area contributed by atoms with Crippen molar-refractivity contribution in [2.45, 2.75) is 0 Å². The Bertz CT molecular complexity index is 1300. The van der Waals surface area contributed by atoms with Crippen LogP contribution in [0.15, 0.2) is 48.5 Å². The minimum atomic E-state index is 0.522. The maximum absolute atomic E-state index is 5.66. The van der Waals surface area contributed by atoms with Crippen LogP contribution in [-0.4, -0.2) is 41.7 Å². The summed E-state index contributed by atoms with van der Waals surface area (Å²) in [5, 5.41) is 0. The molecule has 3 aromatic carbocycles. The van der Waals surface area contributed by atoms with Crippen LogP contribution < -0.4 is 28.4 Å². The molecule has 0 saturated heterocycles. The van der Waals surface area contributed by atoms with Gasteiger partial charge in [-0.15, -0.1) is 0 Å². The molecule has 0 atom stereocenters. The molecule has 172 valence electrons. The Kier molecular flexibility index (Phi) is 7.01. The Morgan fingerprint density at radius 1 is 0.559 bits per heavy atom. The predicted molar refractivity (Wildman–Crippen MR) is 128 cm³/mol. The Hall–Kier alpha value is -4.42. The van der Waals surface area contributed by atoms with E-state index in [1.165, 1.54) is 0 Å². The lowest BCUT2D eigenvalue weighted by atomic mass is 10.0. The van der Waals surface area contributed by atoms with E-state index in [0.29, 0.717) is 53.1 Å². The second-order valence-electron chi connectivity index (χ2n) is 7.21. The molecule has 1 aliphatic heterocycles. The maximum atomic E-state index is 5.66. The molecule has 4 rings (SSSR count). The largest absolute Gasteiger partial charge is 0.497 e. The summed E-state index contributed by atoms with van der Waals surface area (Å²) in [4.78, 5) is 0. The summed E-state index contributed by atoms with van der Waals surface area (Å²) >= 11 is 0. The maximum Gasteiger partial charge on any atom is 0.162 e. The van der Waals surface area contributed by atoms with Gasteiger partial charge in [-0.05, 0) is 30.3 Å². The first-order valence-electron chi connectivity index (χ1n) is 10.6. The second kappa shape index (κ2) is 10.5. The van der Waals surface area contributed by atoms with E-state index in [9.17, 15) is 0 Å². The number of benzene rings is 3. The van der Waals surface area contributed by atoms with E-state index in [1.54, 1.807) is 34.5 Å². The Morgan fingerprint density at radius 2 is 1.12 bits per heavy atom. The first kappa shape index (κ1) is 22.8. The van der Waals surface area contributed by atoms with Gasteiger partial charge in [0.15, 0.2) is 23.0 Å². The van der Waals surface area contributed by atoms with Gasteiger partial charge >= 0.3 is 0 Å². The van der Waals surface area contributed by atoms with Gasteiger partial charge in [0.05, 0.1) is 28.4 Å². The minimum Gasteiger partial charge on any atom is -0.497 e. The van der Waals surface area contributed by atoms with Crippen molar-refractivity contribution < 1.29 is 28.4 Å². The zero-order valence-corrected chi connectivity index (χ0v) is 19.5. The molecule has 6 heteroatoms. The van der Waals surface area contributed by atoms with Crippen molar-refractivity contribution in [2.24, 2.45) is 0 Å². The van der Waals surface area contributed by atoms with Crippen LogP contribution >= 0.6 is 0 Å². The summed E-state index contributed by atoms with van der Waals surface area (Å²) in [5.41, 5.74) is 2.95. The van der Waals surface area contributed by atoms with E-state index in [0.717, 1.165) is 16.9 Å². The smallest absolute Gasteiger partial charge is 0.162 e. The Morgan fingerprint density at radius 3 is 1.68 bits per heavy atom. The predicted octanol–water partition coefficient (Wildman–Crippen LogP) is 4.29. The van der Waals surface area contributed by atoms with Gasteiger partial charge in [-0.3, -0.25) is 0 Å². The molecule has 0 spiro atoms. The molecule has 0 radical (unpaired) electrons. The molecule has 3 aromatic rings. The molecule has 0 bridgehead atoms. The van der Waals surface area contributed by atoms with Crippen molar-refractivity contribution >= 4 is 0 Å². The fourth-order valence-corrected chi connectivity index (χ4v) is 3.37. The first-order chi connectivity index (χ1) is 16.6. The molecule has 0 aliphatic carbocycles. The van der Waals surface area contributed by atoms with Crippen LogP contribution in [0.5, 0.6) is 34.5 Å². The summed E-state index contributed by atoms with van der Waals surface area (Å²) in [7, 11) is 6.38. The summed E-state index contributed by atoms with van der Waals surface area (Å²) in [5.74, 6) is 16.6. The Labute approximate surface area is 199 Å². The lowest BCUT2D eigenvalue weighted by Crippen LogP contribution is -2.15. The van der Waals surface area contributed by atoms with Gasteiger partial charge in [-0.1, -0.05) is 23.7 Å². The third-order valence-corrected chi connectivity index (χ3v) is 5.10. The third kappa shape index (κ3) is 5.14. The van der Waals surface area contributed by atoms with Crippen molar-refractivity contribution in [2.75, 3.05) is 41.7 Å². The highest BCUT2D eigenvalue weighted by Crippen LogP contribution is 2.32. The SMILES string of the molecule is COc1cc(C#Cc2cc(OC)c(OC)cc2C#Cc2ccc3c(c2)OCCO3)cc(OC)c1. The third-order valence-electron chi connectivity index (χ3n) is 5.10. The van der Waals surface area contributed by atoms with Crippen LogP contribution in [-0.2, 0) is 0 Å². The number of ether oxygens (including phenoxy) is 6. The second-order valence-corrected chi connectivity index (χ2v) is 7.21. The number of fused-ring (bicyclic) bond motifs is 1. The van der Waals surface area contributed by atoms with E-state index in [1.807, 2.05) is 42.5 Å². The molecule has 34 heavy (non-hydrogen) atoms. The molecular formula is C28H24O6. The lowest BCUT2D eigenvalue weighted by Gasteiger charge is -2.17. The highest BCUT2D eigenvalue weighted by atomic mass is 16.6. The molecule has 1 heterocycles. The van der Waals surface area contributed by atoms with Gasteiger partial charge < -0.3 is 28.4 Å². The Balaban J connectivity index is 1.75. The highest BCUT2D eigenvalue weighted by Gasteiger charge is 2.12. The van der Waals surface area contributed by atoms with Crippen molar-refractivity contribution in [3.05, 3.63) is 70.8 Å². The van der Waals surface area contributed by atoms with Crippen LogP contribution in [0.25, 0.3) is 0 Å². The molecule has 0 saturated carbocycles. The van der Waals surface area contributed by atoms with E-state index in [4.69, 9.17) is 28.4 Å².